The maximum absolute atomic E-state index is 12.0. The highest BCUT2D eigenvalue weighted by Gasteiger charge is 2.20. The molecule has 0 unspecified atom stereocenters. The van der Waals surface area contributed by atoms with Crippen molar-refractivity contribution >= 4 is 28.8 Å². The molecule has 4 nitrogen and oxygen atoms in total. The van der Waals surface area contributed by atoms with Crippen molar-refractivity contribution in [3.63, 3.8) is 0 Å². The normalized spacial score (nSPS) is 16.6. The molecule has 20 heavy (non-hydrogen) atoms. The Bertz CT molecular complexity index is 431. The van der Waals surface area contributed by atoms with Gasteiger partial charge in [0.1, 0.15) is 0 Å². The van der Waals surface area contributed by atoms with Gasteiger partial charge in [-0.15, -0.1) is 11.3 Å². The molecule has 0 aromatic carbocycles. The number of hydrogen-bond donors (Lipinski definition) is 1. The molecular weight excluding hydrogens is 296 g/mol. The number of rotatable bonds is 6. The summed E-state index contributed by atoms with van der Waals surface area (Å²) in [5.41, 5.74) is 0. The van der Waals surface area contributed by atoms with Gasteiger partial charge in [-0.2, -0.15) is 0 Å². The molecule has 0 aliphatic carbocycles. The van der Waals surface area contributed by atoms with Crippen LogP contribution in [0.4, 0.5) is 0 Å². The van der Waals surface area contributed by atoms with Crippen LogP contribution in [0.2, 0.25) is 4.34 Å². The summed E-state index contributed by atoms with van der Waals surface area (Å²) in [6.07, 6.45) is 2.05. The summed E-state index contributed by atoms with van der Waals surface area (Å²) in [5.74, 6) is 0.220. The Morgan fingerprint density at radius 2 is 2.00 bits per heavy atom. The van der Waals surface area contributed by atoms with Crippen LogP contribution in [-0.4, -0.2) is 53.6 Å². The van der Waals surface area contributed by atoms with Crippen molar-refractivity contribution in [2.45, 2.75) is 25.8 Å². The lowest BCUT2D eigenvalue weighted by Crippen LogP contribution is -2.48. The van der Waals surface area contributed by atoms with Crippen LogP contribution in [0.15, 0.2) is 12.1 Å². The minimum Gasteiger partial charge on any atom is -0.396 e. The van der Waals surface area contributed by atoms with Gasteiger partial charge in [0, 0.05) is 50.6 Å². The molecule has 2 heterocycles. The van der Waals surface area contributed by atoms with E-state index in [0.717, 1.165) is 43.5 Å². The molecule has 0 spiro atoms. The Hall–Kier alpha value is -0.620. The zero-order chi connectivity index (χ0) is 14.4. The predicted octanol–water partition coefficient (Wildman–Crippen LogP) is 2.21. The van der Waals surface area contributed by atoms with Gasteiger partial charge in [-0.05, 0) is 25.0 Å². The highest BCUT2D eigenvalue weighted by Crippen LogP contribution is 2.23. The number of hydrogen-bond acceptors (Lipinski definition) is 4. The largest absolute Gasteiger partial charge is 0.396 e. The molecule has 1 saturated heterocycles. The first-order chi connectivity index (χ1) is 9.69. The fraction of sp³-hybridized carbons (Fsp3) is 0.643. The molecule has 1 N–H and O–H groups in total. The van der Waals surface area contributed by atoms with E-state index >= 15 is 0 Å². The van der Waals surface area contributed by atoms with Crippen LogP contribution in [0, 0.1) is 0 Å². The second-order valence-electron chi connectivity index (χ2n) is 5.04. The first kappa shape index (κ1) is 15.8. The lowest BCUT2D eigenvalue weighted by molar-refractivity contribution is -0.133. The first-order valence-electron chi connectivity index (χ1n) is 7.04. The topological polar surface area (TPSA) is 43.8 Å². The van der Waals surface area contributed by atoms with Crippen molar-refractivity contribution in [3.8, 4) is 0 Å². The second-order valence-corrected chi connectivity index (χ2v) is 6.84. The van der Waals surface area contributed by atoms with Crippen LogP contribution in [0.1, 0.15) is 24.1 Å². The van der Waals surface area contributed by atoms with Gasteiger partial charge in [-0.25, -0.2) is 0 Å². The number of piperazine rings is 1. The van der Waals surface area contributed by atoms with Crippen LogP contribution in [0.25, 0.3) is 0 Å². The van der Waals surface area contributed by atoms with Crippen molar-refractivity contribution < 1.29 is 9.90 Å². The Kier molecular flexibility index (Phi) is 6.29. The number of carbonyl (C=O) groups excluding carboxylic acids is 1. The Morgan fingerprint density at radius 3 is 2.60 bits per heavy atom. The van der Waals surface area contributed by atoms with E-state index in [-0.39, 0.29) is 12.5 Å². The maximum atomic E-state index is 12.0. The molecule has 1 amide bonds. The number of unbranched alkanes of at least 4 members (excludes halogenated alkanes) is 1. The number of nitrogens with zero attached hydrogens (tertiary/aromatic N) is 2. The molecule has 6 heteroatoms. The van der Waals surface area contributed by atoms with E-state index in [0.29, 0.717) is 12.8 Å². The van der Waals surface area contributed by atoms with E-state index in [1.54, 1.807) is 11.3 Å². The number of halogens is 1. The first-order valence-corrected chi connectivity index (χ1v) is 8.23. The number of amides is 1. The van der Waals surface area contributed by atoms with Gasteiger partial charge in [-0.1, -0.05) is 11.6 Å². The Labute approximate surface area is 128 Å². The van der Waals surface area contributed by atoms with E-state index in [1.165, 1.54) is 4.88 Å². The van der Waals surface area contributed by atoms with E-state index in [1.807, 2.05) is 11.0 Å². The van der Waals surface area contributed by atoms with Crippen molar-refractivity contribution in [3.05, 3.63) is 21.3 Å². The molecule has 1 aliphatic heterocycles. The average molecular weight is 317 g/mol. The highest BCUT2D eigenvalue weighted by atomic mass is 35.5. The Morgan fingerprint density at radius 1 is 1.25 bits per heavy atom. The molecule has 112 valence electrons. The van der Waals surface area contributed by atoms with Crippen LogP contribution >= 0.6 is 22.9 Å². The number of thiophene rings is 1. The monoisotopic (exact) mass is 316 g/mol. The minimum absolute atomic E-state index is 0.171. The fourth-order valence-electron chi connectivity index (χ4n) is 2.36. The van der Waals surface area contributed by atoms with Gasteiger partial charge < -0.3 is 10.0 Å². The van der Waals surface area contributed by atoms with Crippen molar-refractivity contribution in [2.75, 3.05) is 32.8 Å². The summed E-state index contributed by atoms with van der Waals surface area (Å²) in [5, 5.41) is 8.73. The molecule has 0 saturated carbocycles. The molecular formula is C14H21ClN2O2S. The molecule has 1 aromatic rings. The standard InChI is InChI=1S/C14H21ClN2O2S/c15-13-5-4-12(20-13)11-16-6-8-17(9-7-16)14(19)3-1-2-10-18/h4-5,18H,1-3,6-11H2. The van der Waals surface area contributed by atoms with E-state index < -0.39 is 0 Å². The Balaban J connectivity index is 1.70. The summed E-state index contributed by atoms with van der Waals surface area (Å²) in [4.78, 5) is 17.5. The van der Waals surface area contributed by atoms with E-state index in [4.69, 9.17) is 16.7 Å². The second kappa shape index (κ2) is 7.98. The van der Waals surface area contributed by atoms with Gasteiger partial charge in [-0.3, -0.25) is 9.69 Å². The average Bonchev–Trinajstić information content (AvgIpc) is 2.85. The number of carbonyl (C=O) groups is 1. The zero-order valence-electron chi connectivity index (χ0n) is 11.6. The minimum atomic E-state index is 0.171. The molecule has 2 rings (SSSR count). The zero-order valence-corrected chi connectivity index (χ0v) is 13.1. The molecule has 1 aliphatic rings. The van der Waals surface area contributed by atoms with Gasteiger partial charge in [0.2, 0.25) is 5.91 Å². The number of aliphatic hydroxyl groups is 1. The summed E-state index contributed by atoms with van der Waals surface area (Å²) in [7, 11) is 0. The van der Waals surface area contributed by atoms with Crippen LogP contribution in [0.5, 0.6) is 0 Å². The lowest BCUT2D eigenvalue weighted by atomic mass is 10.2. The van der Waals surface area contributed by atoms with Gasteiger partial charge >= 0.3 is 0 Å². The predicted molar refractivity (Wildman–Crippen MR) is 82.1 cm³/mol. The SMILES string of the molecule is O=C(CCCCO)N1CCN(Cc2ccc(Cl)s2)CC1. The van der Waals surface area contributed by atoms with Gasteiger partial charge in [0.25, 0.3) is 0 Å². The van der Waals surface area contributed by atoms with Crippen molar-refractivity contribution in [2.24, 2.45) is 0 Å². The number of aliphatic hydroxyl groups excluding tert-OH is 1. The van der Waals surface area contributed by atoms with E-state index in [9.17, 15) is 4.79 Å². The lowest BCUT2D eigenvalue weighted by Gasteiger charge is -2.34. The van der Waals surface area contributed by atoms with Gasteiger partial charge in [0.05, 0.1) is 4.34 Å². The quantitative estimate of drug-likeness (QED) is 0.818. The highest BCUT2D eigenvalue weighted by molar-refractivity contribution is 7.16. The third-order valence-electron chi connectivity index (χ3n) is 3.53. The van der Waals surface area contributed by atoms with Crippen molar-refractivity contribution in [1.29, 1.82) is 0 Å². The molecule has 0 radical (unpaired) electrons. The third kappa shape index (κ3) is 4.74. The molecule has 0 atom stereocenters. The summed E-state index contributed by atoms with van der Waals surface area (Å²) in [6, 6.07) is 4.00. The van der Waals surface area contributed by atoms with Crippen LogP contribution in [0.3, 0.4) is 0 Å². The molecule has 1 aromatic heterocycles. The van der Waals surface area contributed by atoms with E-state index in [2.05, 4.69) is 11.0 Å². The molecule has 1 fully saturated rings. The summed E-state index contributed by atoms with van der Waals surface area (Å²) >= 11 is 7.55. The van der Waals surface area contributed by atoms with Crippen LogP contribution < -0.4 is 0 Å². The van der Waals surface area contributed by atoms with Crippen molar-refractivity contribution in [1.82, 2.24) is 9.80 Å². The van der Waals surface area contributed by atoms with Crippen LogP contribution in [-0.2, 0) is 11.3 Å². The smallest absolute Gasteiger partial charge is 0.222 e. The molecule has 0 bridgehead atoms. The fourth-order valence-corrected chi connectivity index (χ4v) is 3.49. The maximum Gasteiger partial charge on any atom is 0.222 e. The van der Waals surface area contributed by atoms with Gasteiger partial charge in [0.15, 0.2) is 0 Å². The third-order valence-corrected chi connectivity index (χ3v) is 4.75. The summed E-state index contributed by atoms with van der Waals surface area (Å²) in [6.45, 7) is 4.53. The summed E-state index contributed by atoms with van der Waals surface area (Å²) < 4.78 is 0.831.